The van der Waals surface area contributed by atoms with Gasteiger partial charge in [0.1, 0.15) is 0 Å². The van der Waals surface area contributed by atoms with Gasteiger partial charge in [0.05, 0.1) is 6.04 Å². The van der Waals surface area contributed by atoms with Gasteiger partial charge >= 0.3 is 0 Å². The minimum Gasteiger partial charge on any atom is -0.320 e. The molecule has 4 nitrogen and oxygen atoms in total. The molecule has 0 aliphatic rings. The summed E-state index contributed by atoms with van der Waals surface area (Å²) in [4.78, 5) is 20.7. The summed E-state index contributed by atoms with van der Waals surface area (Å²) in [5.41, 5.74) is 5.12. The summed E-state index contributed by atoms with van der Waals surface area (Å²) in [6.07, 6.45) is 0. The number of nitrogens with one attached hydrogen (secondary N) is 1. The number of hydrogen-bond acceptors (Lipinski definition) is 3. The molecule has 0 aliphatic carbocycles. The van der Waals surface area contributed by atoms with Crippen LogP contribution in [-0.4, -0.2) is 17.9 Å². The van der Waals surface area contributed by atoms with E-state index in [1.165, 1.54) is 13.8 Å². The maximum Gasteiger partial charge on any atom is 0.243 e. The largest absolute Gasteiger partial charge is 0.320 e. The van der Waals surface area contributed by atoms with Gasteiger partial charge in [0.2, 0.25) is 11.8 Å². The molecule has 0 bridgehead atoms. The van der Waals surface area contributed by atoms with Crippen LogP contribution in [0.15, 0.2) is 0 Å². The number of amides is 2. The van der Waals surface area contributed by atoms with Crippen molar-refractivity contribution in [2.24, 2.45) is 5.73 Å². The molecule has 1 atom stereocenters. The lowest BCUT2D eigenvalue weighted by molar-refractivity contribution is -0.129. The predicted molar refractivity (Wildman–Crippen MR) is 32.5 cm³/mol. The third-order valence-electron chi connectivity index (χ3n) is 0.713. The number of carbonyl (C=O) groups excluding carboxylic acids is 2. The Morgan fingerprint density at radius 1 is 1.56 bits per heavy atom. The maximum atomic E-state index is 10.5. The summed E-state index contributed by atoms with van der Waals surface area (Å²) < 4.78 is 0. The Bertz CT molecular complexity index is 131. The number of carbonyl (C=O) groups is 2. The third kappa shape index (κ3) is 3.66. The summed E-state index contributed by atoms with van der Waals surface area (Å²) in [6.45, 7) is 2.78. The monoisotopic (exact) mass is 130 g/mol. The highest BCUT2D eigenvalue weighted by Gasteiger charge is 2.06. The Morgan fingerprint density at radius 3 is 2.11 bits per heavy atom. The van der Waals surface area contributed by atoms with E-state index in [1.54, 1.807) is 0 Å². The van der Waals surface area contributed by atoms with E-state index in [0.717, 1.165) is 0 Å². The fraction of sp³-hybridized carbons (Fsp3) is 0.600. The fourth-order valence-electron chi connectivity index (χ4n) is 0.287. The molecule has 0 aliphatic heterocycles. The van der Waals surface area contributed by atoms with Gasteiger partial charge in [-0.15, -0.1) is 0 Å². The molecule has 0 aromatic rings. The van der Waals surface area contributed by atoms with Crippen LogP contribution in [0, 0.1) is 0 Å². The minimum atomic E-state index is -0.617. The SMILES string of the molecule is CC(=O)NC(=O)[C@@H](C)N. The molecule has 52 valence electrons. The van der Waals surface area contributed by atoms with Crippen LogP contribution < -0.4 is 11.1 Å². The van der Waals surface area contributed by atoms with Crippen LogP contribution in [0.2, 0.25) is 0 Å². The van der Waals surface area contributed by atoms with E-state index >= 15 is 0 Å². The molecule has 0 spiro atoms. The second-order valence-electron chi connectivity index (χ2n) is 1.83. The zero-order valence-corrected chi connectivity index (χ0v) is 5.47. The summed E-state index contributed by atoms with van der Waals surface area (Å²) >= 11 is 0. The minimum absolute atomic E-state index is 0.377. The van der Waals surface area contributed by atoms with Crippen molar-refractivity contribution in [3.8, 4) is 0 Å². The van der Waals surface area contributed by atoms with Gasteiger partial charge in [-0.05, 0) is 6.92 Å². The Hall–Kier alpha value is -0.900. The lowest BCUT2D eigenvalue weighted by Crippen LogP contribution is -2.40. The van der Waals surface area contributed by atoms with Gasteiger partial charge in [0.15, 0.2) is 0 Å². The first kappa shape index (κ1) is 8.10. The van der Waals surface area contributed by atoms with Gasteiger partial charge in [-0.25, -0.2) is 0 Å². The highest BCUT2D eigenvalue weighted by molar-refractivity contribution is 5.96. The molecule has 0 fully saturated rings. The van der Waals surface area contributed by atoms with Crippen molar-refractivity contribution in [1.29, 1.82) is 0 Å². The van der Waals surface area contributed by atoms with Gasteiger partial charge in [-0.2, -0.15) is 0 Å². The van der Waals surface area contributed by atoms with Crippen LogP contribution in [0.3, 0.4) is 0 Å². The van der Waals surface area contributed by atoms with Crippen LogP contribution in [0.4, 0.5) is 0 Å². The lowest BCUT2D eigenvalue weighted by atomic mass is 10.3. The van der Waals surface area contributed by atoms with E-state index in [2.05, 4.69) is 0 Å². The molecular formula is C5H10N2O2. The van der Waals surface area contributed by atoms with Crippen molar-refractivity contribution < 1.29 is 9.59 Å². The molecule has 0 heterocycles. The highest BCUT2D eigenvalue weighted by Crippen LogP contribution is 1.73. The van der Waals surface area contributed by atoms with E-state index in [0.29, 0.717) is 0 Å². The first-order chi connectivity index (χ1) is 4.04. The van der Waals surface area contributed by atoms with Crippen LogP contribution >= 0.6 is 0 Å². The van der Waals surface area contributed by atoms with Crippen LogP contribution in [0.25, 0.3) is 0 Å². The smallest absolute Gasteiger partial charge is 0.243 e. The molecule has 0 unspecified atom stereocenters. The Morgan fingerprint density at radius 2 is 2.00 bits per heavy atom. The van der Waals surface area contributed by atoms with Crippen LogP contribution in [0.5, 0.6) is 0 Å². The molecule has 0 aromatic carbocycles. The summed E-state index contributed by atoms with van der Waals surface area (Å²) in [6, 6.07) is -0.617. The van der Waals surface area contributed by atoms with Crippen molar-refractivity contribution >= 4 is 11.8 Å². The van der Waals surface area contributed by atoms with E-state index in [9.17, 15) is 9.59 Å². The number of hydrogen-bond donors (Lipinski definition) is 2. The van der Waals surface area contributed by atoms with Crippen molar-refractivity contribution in [2.45, 2.75) is 19.9 Å². The first-order valence-electron chi connectivity index (χ1n) is 2.61. The molecule has 0 aromatic heterocycles. The first-order valence-corrected chi connectivity index (χ1v) is 2.61. The maximum absolute atomic E-state index is 10.5. The summed E-state index contributed by atoms with van der Waals surface area (Å²) in [5, 5.41) is 2.04. The normalized spacial score (nSPS) is 12.3. The predicted octanol–water partition coefficient (Wildman–Crippen LogP) is -1.00. The molecule has 9 heavy (non-hydrogen) atoms. The molecule has 0 rings (SSSR count). The van der Waals surface area contributed by atoms with Gasteiger partial charge < -0.3 is 5.73 Å². The summed E-state index contributed by atoms with van der Waals surface area (Å²) in [5.74, 6) is -0.820. The molecule has 0 radical (unpaired) electrons. The topological polar surface area (TPSA) is 72.2 Å². The molecule has 0 saturated heterocycles. The number of rotatable bonds is 1. The van der Waals surface area contributed by atoms with Gasteiger partial charge in [-0.3, -0.25) is 14.9 Å². The fourth-order valence-corrected chi connectivity index (χ4v) is 0.287. The Labute approximate surface area is 53.4 Å². The van der Waals surface area contributed by atoms with Crippen LogP contribution in [-0.2, 0) is 9.59 Å². The molecular weight excluding hydrogens is 120 g/mol. The third-order valence-corrected chi connectivity index (χ3v) is 0.713. The summed E-state index contributed by atoms with van der Waals surface area (Å²) in [7, 11) is 0. The van der Waals surface area contributed by atoms with E-state index < -0.39 is 11.9 Å². The van der Waals surface area contributed by atoms with Crippen LogP contribution in [0.1, 0.15) is 13.8 Å². The van der Waals surface area contributed by atoms with E-state index in [4.69, 9.17) is 5.73 Å². The van der Waals surface area contributed by atoms with Crippen molar-refractivity contribution in [3.63, 3.8) is 0 Å². The second kappa shape index (κ2) is 3.19. The van der Waals surface area contributed by atoms with Gasteiger partial charge in [-0.1, -0.05) is 0 Å². The van der Waals surface area contributed by atoms with Gasteiger partial charge in [0, 0.05) is 6.92 Å². The lowest BCUT2D eigenvalue weighted by Gasteiger charge is -2.01. The molecule has 0 saturated carbocycles. The highest BCUT2D eigenvalue weighted by atomic mass is 16.2. The van der Waals surface area contributed by atoms with E-state index in [-0.39, 0.29) is 5.91 Å². The van der Waals surface area contributed by atoms with E-state index in [1.807, 2.05) is 5.32 Å². The van der Waals surface area contributed by atoms with Gasteiger partial charge in [0.25, 0.3) is 0 Å². The van der Waals surface area contributed by atoms with Crippen molar-refractivity contribution in [1.82, 2.24) is 5.32 Å². The number of imide groups is 1. The zero-order valence-electron chi connectivity index (χ0n) is 5.47. The molecule has 4 heteroatoms. The van der Waals surface area contributed by atoms with Crippen molar-refractivity contribution in [2.75, 3.05) is 0 Å². The quantitative estimate of drug-likeness (QED) is 0.478. The second-order valence-corrected chi connectivity index (χ2v) is 1.83. The zero-order chi connectivity index (χ0) is 7.44. The Balaban J connectivity index is 3.64. The average Bonchev–Trinajstić information content (AvgIpc) is 1.63. The molecule has 3 N–H and O–H groups in total. The standard InChI is InChI=1S/C5H10N2O2/c1-3(6)5(9)7-4(2)8/h3H,6H2,1-2H3,(H,7,8,9)/t3-/m1/s1. The Kier molecular flexibility index (Phi) is 2.87. The number of nitrogens with two attached hydrogens (primary N) is 1. The molecule has 2 amide bonds. The van der Waals surface area contributed by atoms with Crippen molar-refractivity contribution in [3.05, 3.63) is 0 Å². The average molecular weight is 130 g/mol.